The zero-order valence-electron chi connectivity index (χ0n) is 16.2. The number of hydrogen-bond donors (Lipinski definition) is 2. The van der Waals surface area contributed by atoms with E-state index in [4.69, 9.17) is 4.74 Å². The Morgan fingerprint density at radius 1 is 1.07 bits per heavy atom. The standard InChI is InChI=1S/C22H23N3O4/c1-25(17-9-3-2-4-10-17)13-7-12-23-20(26)15-29-22(28)19-14-16-8-5-6-11-18(16)21(27)24-19/h2-6,8-11,14H,7,12-13,15H2,1H3,(H,23,26)(H,24,27). The van der Waals surface area contributed by atoms with Gasteiger partial charge in [0.15, 0.2) is 6.61 Å². The highest BCUT2D eigenvalue weighted by Crippen LogP contribution is 2.11. The van der Waals surface area contributed by atoms with Crippen LogP contribution >= 0.6 is 0 Å². The molecule has 0 saturated carbocycles. The van der Waals surface area contributed by atoms with Gasteiger partial charge in [0.25, 0.3) is 11.5 Å². The van der Waals surface area contributed by atoms with Crippen molar-refractivity contribution in [3.63, 3.8) is 0 Å². The molecule has 2 N–H and O–H groups in total. The number of anilines is 1. The maximum absolute atomic E-state index is 12.1. The molecule has 0 bridgehead atoms. The molecule has 1 aromatic heterocycles. The number of carbonyl (C=O) groups excluding carboxylic acids is 2. The second-order valence-corrected chi connectivity index (χ2v) is 6.64. The van der Waals surface area contributed by atoms with E-state index in [1.165, 1.54) is 6.07 Å². The number of aromatic nitrogens is 1. The summed E-state index contributed by atoms with van der Waals surface area (Å²) in [5.74, 6) is -1.13. The summed E-state index contributed by atoms with van der Waals surface area (Å²) in [5, 5.41) is 3.85. The van der Waals surface area contributed by atoms with Crippen LogP contribution in [-0.2, 0) is 9.53 Å². The minimum atomic E-state index is -0.744. The summed E-state index contributed by atoms with van der Waals surface area (Å²) in [6.07, 6.45) is 0.753. The Hall–Kier alpha value is -3.61. The first-order valence-corrected chi connectivity index (χ1v) is 9.36. The molecule has 0 saturated heterocycles. The van der Waals surface area contributed by atoms with Crippen molar-refractivity contribution in [1.82, 2.24) is 10.3 Å². The van der Waals surface area contributed by atoms with Crippen molar-refractivity contribution >= 4 is 28.3 Å². The fourth-order valence-corrected chi connectivity index (χ4v) is 2.94. The van der Waals surface area contributed by atoms with Gasteiger partial charge in [-0.1, -0.05) is 36.4 Å². The molecule has 3 rings (SSSR count). The van der Waals surface area contributed by atoms with Crippen LogP contribution in [0, 0.1) is 0 Å². The van der Waals surface area contributed by atoms with Crippen molar-refractivity contribution < 1.29 is 14.3 Å². The van der Waals surface area contributed by atoms with Crippen LogP contribution in [0.3, 0.4) is 0 Å². The second kappa shape index (κ2) is 9.54. The molecule has 0 spiro atoms. The SMILES string of the molecule is CN(CCCNC(=O)COC(=O)c1cc2ccccc2c(=O)[nH]1)c1ccccc1. The monoisotopic (exact) mass is 393 g/mol. The average Bonchev–Trinajstić information content (AvgIpc) is 2.75. The molecule has 1 amide bonds. The third kappa shape index (κ3) is 5.44. The Morgan fingerprint density at radius 2 is 1.79 bits per heavy atom. The number of aromatic amines is 1. The lowest BCUT2D eigenvalue weighted by atomic mass is 10.1. The molecular formula is C22H23N3O4. The lowest BCUT2D eigenvalue weighted by Gasteiger charge is -2.19. The van der Waals surface area contributed by atoms with Gasteiger partial charge >= 0.3 is 5.97 Å². The Kier molecular flexibility index (Phi) is 6.63. The highest BCUT2D eigenvalue weighted by molar-refractivity contribution is 5.94. The van der Waals surface area contributed by atoms with Gasteiger partial charge in [0.2, 0.25) is 0 Å². The van der Waals surface area contributed by atoms with Crippen molar-refractivity contribution in [1.29, 1.82) is 0 Å². The molecule has 1 heterocycles. The van der Waals surface area contributed by atoms with Crippen LogP contribution in [0.15, 0.2) is 65.5 Å². The molecule has 0 radical (unpaired) electrons. The average molecular weight is 393 g/mol. The topological polar surface area (TPSA) is 91.5 Å². The fraction of sp³-hybridized carbons (Fsp3) is 0.227. The maximum atomic E-state index is 12.1. The zero-order valence-corrected chi connectivity index (χ0v) is 16.2. The van der Waals surface area contributed by atoms with E-state index in [2.05, 4.69) is 15.2 Å². The zero-order chi connectivity index (χ0) is 20.6. The van der Waals surface area contributed by atoms with Crippen LogP contribution in [0.25, 0.3) is 10.8 Å². The van der Waals surface area contributed by atoms with Gasteiger partial charge in [-0.15, -0.1) is 0 Å². The number of nitrogens with one attached hydrogen (secondary N) is 2. The Bertz CT molecular complexity index is 1050. The number of hydrogen-bond acceptors (Lipinski definition) is 5. The third-order valence-corrected chi connectivity index (χ3v) is 4.50. The molecule has 0 unspecified atom stereocenters. The molecule has 0 fully saturated rings. The summed E-state index contributed by atoms with van der Waals surface area (Å²) in [7, 11) is 1.99. The van der Waals surface area contributed by atoms with Crippen LogP contribution in [-0.4, -0.2) is 43.6 Å². The molecule has 0 atom stereocenters. The van der Waals surface area contributed by atoms with Crippen molar-refractivity contribution in [2.75, 3.05) is 31.6 Å². The highest BCUT2D eigenvalue weighted by atomic mass is 16.5. The molecule has 29 heavy (non-hydrogen) atoms. The predicted molar refractivity (Wildman–Crippen MR) is 112 cm³/mol. The van der Waals surface area contributed by atoms with Crippen molar-refractivity contribution in [3.8, 4) is 0 Å². The number of benzene rings is 2. The maximum Gasteiger partial charge on any atom is 0.355 e. The minimum absolute atomic E-state index is 0.0194. The van der Waals surface area contributed by atoms with Gasteiger partial charge in [-0.2, -0.15) is 0 Å². The summed E-state index contributed by atoms with van der Waals surface area (Å²) < 4.78 is 5.01. The normalized spacial score (nSPS) is 10.5. The van der Waals surface area contributed by atoms with Crippen molar-refractivity contribution in [2.45, 2.75) is 6.42 Å². The third-order valence-electron chi connectivity index (χ3n) is 4.50. The molecule has 0 aliphatic heterocycles. The number of para-hydroxylation sites is 1. The first-order chi connectivity index (χ1) is 14.0. The van der Waals surface area contributed by atoms with Gasteiger partial charge in [-0.3, -0.25) is 9.59 Å². The van der Waals surface area contributed by atoms with Gasteiger partial charge < -0.3 is 19.9 Å². The summed E-state index contributed by atoms with van der Waals surface area (Å²) in [5.41, 5.74) is 0.755. The van der Waals surface area contributed by atoms with Gasteiger partial charge in [0, 0.05) is 31.2 Å². The van der Waals surface area contributed by atoms with E-state index in [-0.39, 0.29) is 17.2 Å². The van der Waals surface area contributed by atoms with Gasteiger partial charge in [-0.05, 0) is 36.1 Å². The summed E-state index contributed by atoms with van der Waals surface area (Å²) >= 11 is 0. The highest BCUT2D eigenvalue weighted by Gasteiger charge is 2.13. The van der Waals surface area contributed by atoms with Crippen LogP contribution in [0.2, 0.25) is 0 Å². The molecule has 3 aromatic rings. The second-order valence-electron chi connectivity index (χ2n) is 6.64. The van der Waals surface area contributed by atoms with E-state index in [0.29, 0.717) is 17.3 Å². The van der Waals surface area contributed by atoms with Crippen LogP contribution in [0.1, 0.15) is 16.9 Å². The van der Waals surface area contributed by atoms with E-state index in [1.54, 1.807) is 24.3 Å². The lowest BCUT2D eigenvalue weighted by Crippen LogP contribution is -2.31. The van der Waals surface area contributed by atoms with Gasteiger partial charge in [0.05, 0.1) is 0 Å². The summed E-state index contributed by atoms with van der Waals surface area (Å²) in [6.45, 7) is 0.852. The van der Waals surface area contributed by atoms with E-state index < -0.39 is 12.6 Å². The first kappa shape index (κ1) is 20.1. The number of H-pyrrole nitrogens is 1. The molecule has 2 aromatic carbocycles. The summed E-state index contributed by atoms with van der Waals surface area (Å²) in [6, 6.07) is 18.4. The Labute approximate surface area is 168 Å². The quantitative estimate of drug-likeness (QED) is 0.453. The smallest absolute Gasteiger partial charge is 0.355 e. The van der Waals surface area contributed by atoms with E-state index in [0.717, 1.165) is 18.7 Å². The number of pyridine rings is 1. The number of rotatable bonds is 8. The van der Waals surface area contributed by atoms with E-state index in [1.807, 2.05) is 37.4 Å². The van der Waals surface area contributed by atoms with E-state index >= 15 is 0 Å². The predicted octanol–water partition coefficient (Wildman–Crippen LogP) is 2.33. The van der Waals surface area contributed by atoms with E-state index in [9.17, 15) is 14.4 Å². The van der Waals surface area contributed by atoms with Crippen LogP contribution in [0.4, 0.5) is 5.69 Å². The molecule has 150 valence electrons. The molecule has 0 aliphatic rings. The van der Waals surface area contributed by atoms with Crippen LogP contribution < -0.4 is 15.8 Å². The largest absolute Gasteiger partial charge is 0.451 e. The number of amides is 1. The van der Waals surface area contributed by atoms with Gasteiger partial charge in [0.1, 0.15) is 5.69 Å². The lowest BCUT2D eigenvalue weighted by molar-refractivity contribution is -0.124. The number of esters is 1. The number of fused-ring (bicyclic) bond motifs is 1. The molecule has 7 heteroatoms. The number of nitrogens with zero attached hydrogens (tertiary/aromatic N) is 1. The molecule has 0 aliphatic carbocycles. The number of ether oxygens (including phenoxy) is 1. The Morgan fingerprint density at radius 3 is 2.59 bits per heavy atom. The van der Waals surface area contributed by atoms with Crippen molar-refractivity contribution in [3.05, 3.63) is 76.7 Å². The van der Waals surface area contributed by atoms with Crippen LogP contribution in [0.5, 0.6) is 0 Å². The molecular weight excluding hydrogens is 370 g/mol. The van der Waals surface area contributed by atoms with Crippen molar-refractivity contribution in [2.24, 2.45) is 0 Å². The Balaban J connectivity index is 1.42. The molecule has 7 nitrogen and oxygen atoms in total. The van der Waals surface area contributed by atoms with Gasteiger partial charge in [-0.25, -0.2) is 4.79 Å². The fourth-order valence-electron chi connectivity index (χ4n) is 2.94. The minimum Gasteiger partial charge on any atom is -0.451 e. The number of carbonyl (C=O) groups is 2. The first-order valence-electron chi connectivity index (χ1n) is 9.36. The summed E-state index contributed by atoms with van der Waals surface area (Å²) in [4.78, 5) is 40.7.